The van der Waals surface area contributed by atoms with E-state index in [9.17, 15) is 4.79 Å². The molecule has 2 rings (SSSR count). The normalized spacial score (nSPS) is 21.8. The lowest BCUT2D eigenvalue weighted by Gasteiger charge is -2.08. The molecule has 0 radical (unpaired) electrons. The van der Waals surface area contributed by atoms with Crippen molar-refractivity contribution in [2.75, 3.05) is 13.6 Å². The Hall–Kier alpha value is -1.51. The molecule has 0 unspecified atom stereocenters. The van der Waals surface area contributed by atoms with E-state index in [-0.39, 0.29) is 12.1 Å². The third-order valence-corrected chi connectivity index (χ3v) is 2.30. The maximum Gasteiger partial charge on any atom is 0.317 e. The van der Waals surface area contributed by atoms with Gasteiger partial charge < -0.3 is 10.2 Å². The molecule has 2 amide bonds. The third-order valence-electron chi connectivity index (χ3n) is 2.30. The average molecular weight is 176 g/mol. The van der Waals surface area contributed by atoms with Crippen molar-refractivity contribution in [2.45, 2.75) is 6.04 Å². The summed E-state index contributed by atoms with van der Waals surface area (Å²) in [5.74, 6) is 0. The predicted molar refractivity (Wildman–Crippen MR) is 50.3 cm³/mol. The number of carbonyl (C=O) groups is 1. The first kappa shape index (κ1) is 8.10. The van der Waals surface area contributed by atoms with Crippen LogP contribution in [0.5, 0.6) is 0 Å². The van der Waals surface area contributed by atoms with E-state index in [4.69, 9.17) is 0 Å². The Kier molecular flexibility index (Phi) is 1.93. The highest BCUT2D eigenvalue weighted by molar-refractivity contribution is 5.76. The van der Waals surface area contributed by atoms with Crippen molar-refractivity contribution in [1.82, 2.24) is 10.2 Å². The van der Waals surface area contributed by atoms with E-state index in [1.807, 2.05) is 30.3 Å². The highest BCUT2D eigenvalue weighted by Crippen LogP contribution is 2.18. The van der Waals surface area contributed by atoms with E-state index in [0.29, 0.717) is 0 Å². The lowest BCUT2D eigenvalue weighted by molar-refractivity contribution is 0.226. The molecule has 0 spiro atoms. The van der Waals surface area contributed by atoms with Crippen LogP contribution in [-0.2, 0) is 0 Å². The maximum atomic E-state index is 11.2. The van der Waals surface area contributed by atoms with Gasteiger partial charge in [-0.3, -0.25) is 0 Å². The molecule has 1 saturated heterocycles. The van der Waals surface area contributed by atoms with Gasteiger partial charge in [-0.1, -0.05) is 30.3 Å². The number of hydrogen-bond acceptors (Lipinski definition) is 1. The number of nitrogens with one attached hydrogen (secondary N) is 1. The van der Waals surface area contributed by atoms with Gasteiger partial charge in [-0.05, 0) is 5.56 Å². The number of likely N-dealkylation sites (N-methyl/N-ethyl adjacent to an activating group) is 1. The van der Waals surface area contributed by atoms with E-state index in [2.05, 4.69) is 5.32 Å². The van der Waals surface area contributed by atoms with Crippen LogP contribution in [0.1, 0.15) is 11.6 Å². The van der Waals surface area contributed by atoms with Gasteiger partial charge in [0.15, 0.2) is 0 Å². The van der Waals surface area contributed by atoms with Gasteiger partial charge in [0.05, 0.1) is 6.04 Å². The van der Waals surface area contributed by atoms with Gasteiger partial charge in [-0.15, -0.1) is 0 Å². The Morgan fingerprint density at radius 3 is 2.62 bits per heavy atom. The molecule has 0 saturated carbocycles. The van der Waals surface area contributed by atoms with Gasteiger partial charge in [0, 0.05) is 13.6 Å². The second-order valence-electron chi connectivity index (χ2n) is 3.29. The molecule has 1 aliphatic heterocycles. The Bertz CT molecular complexity index is 310. The van der Waals surface area contributed by atoms with Crippen LogP contribution in [0, 0.1) is 0 Å². The fourth-order valence-corrected chi connectivity index (χ4v) is 1.54. The third kappa shape index (κ3) is 1.49. The minimum absolute atomic E-state index is 0.00820. The minimum atomic E-state index is 0.00820. The molecular weight excluding hydrogens is 164 g/mol. The van der Waals surface area contributed by atoms with E-state index in [0.717, 1.165) is 6.54 Å². The lowest BCUT2D eigenvalue weighted by atomic mass is 10.1. The summed E-state index contributed by atoms with van der Waals surface area (Å²) in [6.07, 6.45) is 0. The van der Waals surface area contributed by atoms with E-state index < -0.39 is 0 Å². The number of nitrogens with zero attached hydrogens (tertiary/aromatic N) is 1. The molecule has 13 heavy (non-hydrogen) atoms. The van der Waals surface area contributed by atoms with Gasteiger partial charge in [0.25, 0.3) is 0 Å². The summed E-state index contributed by atoms with van der Waals surface area (Å²) in [4.78, 5) is 12.9. The summed E-state index contributed by atoms with van der Waals surface area (Å²) in [5, 5.41) is 2.91. The molecule has 1 N–H and O–H groups in total. The molecule has 1 atom stereocenters. The number of carbonyl (C=O) groups excluding carboxylic acids is 1. The van der Waals surface area contributed by atoms with E-state index in [1.54, 1.807) is 11.9 Å². The highest BCUT2D eigenvalue weighted by atomic mass is 16.2. The molecule has 1 aromatic rings. The fourth-order valence-electron chi connectivity index (χ4n) is 1.54. The van der Waals surface area contributed by atoms with Gasteiger partial charge in [0.2, 0.25) is 0 Å². The summed E-state index contributed by atoms with van der Waals surface area (Å²) in [6, 6.07) is 10.2. The molecular formula is C10H12N2O. The molecule has 0 bridgehead atoms. The van der Waals surface area contributed by atoms with Crippen LogP contribution in [0.25, 0.3) is 0 Å². The number of benzene rings is 1. The number of rotatable bonds is 1. The number of hydrogen-bond donors (Lipinski definition) is 1. The van der Waals surface area contributed by atoms with Crippen molar-refractivity contribution in [2.24, 2.45) is 0 Å². The molecule has 1 fully saturated rings. The van der Waals surface area contributed by atoms with Crippen molar-refractivity contribution >= 4 is 6.03 Å². The van der Waals surface area contributed by atoms with Crippen LogP contribution >= 0.6 is 0 Å². The first-order valence-electron chi connectivity index (χ1n) is 4.34. The zero-order valence-electron chi connectivity index (χ0n) is 7.53. The van der Waals surface area contributed by atoms with Crippen molar-refractivity contribution in [3.63, 3.8) is 0 Å². The van der Waals surface area contributed by atoms with Crippen molar-refractivity contribution in [3.05, 3.63) is 35.9 Å². The van der Waals surface area contributed by atoms with Gasteiger partial charge in [0.1, 0.15) is 0 Å². The second kappa shape index (κ2) is 3.09. The fraction of sp³-hybridized carbons (Fsp3) is 0.300. The Balaban J connectivity index is 2.17. The van der Waals surface area contributed by atoms with Crippen LogP contribution in [0.3, 0.4) is 0 Å². The molecule has 3 heteroatoms. The van der Waals surface area contributed by atoms with Gasteiger partial charge in [-0.2, -0.15) is 0 Å². The topological polar surface area (TPSA) is 32.3 Å². The van der Waals surface area contributed by atoms with Crippen molar-refractivity contribution in [1.29, 1.82) is 0 Å². The molecule has 1 aromatic carbocycles. The van der Waals surface area contributed by atoms with Crippen LogP contribution < -0.4 is 5.32 Å². The zero-order chi connectivity index (χ0) is 9.26. The van der Waals surface area contributed by atoms with E-state index in [1.165, 1.54) is 5.56 Å². The first-order valence-corrected chi connectivity index (χ1v) is 4.34. The van der Waals surface area contributed by atoms with Crippen LogP contribution in [-0.4, -0.2) is 24.5 Å². The van der Waals surface area contributed by atoms with Crippen molar-refractivity contribution in [3.8, 4) is 0 Å². The Labute approximate surface area is 77.4 Å². The molecule has 3 nitrogen and oxygen atoms in total. The summed E-state index contributed by atoms with van der Waals surface area (Å²) < 4.78 is 0. The van der Waals surface area contributed by atoms with Crippen LogP contribution in [0.2, 0.25) is 0 Å². The Morgan fingerprint density at radius 2 is 2.08 bits per heavy atom. The Morgan fingerprint density at radius 1 is 1.38 bits per heavy atom. The monoisotopic (exact) mass is 176 g/mol. The van der Waals surface area contributed by atoms with E-state index >= 15 is 0 Å². The SMILES string of the molecule is CN1C[C@@H](c2ccccc2)NC1=O. The summed E-state index contributed by atoms with van der Waals surface area (Å²) in [7, 11) is 1.80. The molecule has 68 valence electrons. The van der Waals surface area contributed by atoms with Crippen LogP contribution in [0.4, 0.5) is 4.79 Å². The smallest absolute Gasteiger partial charge is 0.317 e. The minimum Gasteiger partial charge on any atom is -0.329 e. The quantitative estimate of drug-likeness (QED) is 0.689. The summed E-state index contributed by atoms with van der Waals surface area (Å²) in [6.45, 7) is 0.753. The number of amides is 2. The first-order chi connectivity index (χ1) is 6.27. The lowest BCUT2D eigenvalue weighted by Crippen LogP contribution is -2.23. The summed E-state index contributed by atoms with van der Waals surface area (Å²) in [5.41, 5.74) is 1.17. The largest absolute Gasteiger partial charge is 0.329 e. The summed E-state index contributed by atoms with van der Waals surface area (Å²) >= 11 is 0. The molecule has 0 aromatic heterocycles. The molecule has 1 heterocycles. The van der Waals surface area contributed by atoms with Gasteiger partial charge >= 0.3 is 6.03 Å². The number of urea groups is 1. The predicted octanol–water partition coefficient (Wildman–Crippen LogP) is 1.38. The highest BCUT2D eigenvalue weighted by Gasteiger charge is 2.26. The molecule has 0 aliphatic carbocycles. The zero-order valence-corrected chi connectivity index (χ0v) is 7.53. The second-order valence-corrected chi connectivity index (χ2v) is 3.29. The maximum absolute atomic E-state index is 11.2. The van der Waals surface area contributed by atoms with Crippen molar-refractivity contribution < 1.29 is 4.79 Å². The molecule has 1 aliphatic rings. The van der Waals surface area contributed by atoms with Gasteiger partial charge in [-0.25, -0.2) is 4.79 Å². The standard InChI is InChI=1S/C10H12N2O/c1-12-7-9(11-10(12)13)8-5-3-2-4-6-8/h2-6,9H,7H2,1H3,(H,11,13)/t9-/m0/s1. The average Bonchev–Trinajstić information content (AvgIpc) is 2.49. The van der Waals surface area contributed by atoms with Crippen LogP contribution in [0.15, 0.2) is 30.3 Å².